The maximum absolute atomic E-state index is 11.7. The Bertz CT molecular complexity index is 664. The highest BCUT2D eigenvalue weighted by molar-refractivity contribution is 5.89. The molecule has 6 nitrogen and oxygen atoms in total. The average Bonchev–Trinajstić information content (AvgIpc) is 3.15. The third-order valence-electron chi connectivity index (χ3n) is 3.86. The Morgan fingerprint density at radius 2 is 2.05 bits per heavy atom. The summed E-state index contributed by atoms with van der Waals surface area (Å²) in [6.45, 7) is 0.517. The normalized spacial score (nSPS) is 19.6. The van der Waals surface area contributed by atoms with Crippen molar-refractivity contribution < 1.29 is 14.7 Å². The lowest BCUT2D eigenvalue weighted by Crippen LogP contribution is -2.28. The minimum atomic E-state index is -0.880. The van der Waals surface area contributed by atoms with Gasteiger partial charge in [-0.2, -0.15) is 5.10 Å². The topological polar surface area (TPSA) is 84.2 Å². The van der Waals surface area contributed by atoms with Crippen LogP contribution in [0.3, 0.4) is 0 Å². The number of carboxylic acid groups (broad SMARTS) is 1. The predicted molar refractivity (Wildman–Crippen MR) is 79.5 cm³/mol. The highest BCUT2D eigenvalue weighted by atomic mass is 16.4. The summed E-state index contributed by atoms with van der Waals surface area (Å²) in [5.74, 6) is -1.87. The molecule has 2 N–H and O–H groups in total. The van der Waals surface area contributed by atoms with Crippen molar-refractivity contribution in [3.8, 4) is 5.69 Å². The first-order valence-corrected chi connectivity index (χ1v) is 7.24. The molecular weight excluding hydrogens is 282 g/mol. The standard InChI is InChI=1S/C16H17N3O3/c20-15(13-10-14(13)16(21)22)17-8-6-11-2-4-12(5-3-11)19-9-1-7-18-19/h1-5,7,9,13-14H,6,8,10H2,(H,17,20)(H,21,22)/t13-,14-/m0/s1. The van der Waals surface area contributed by atoms with Gasteiger partial charge in [0.15, 0.2) is 0 Å². The molecule has 1 aliphatic rings. The number of carbonyl (C=O) groups is 2. The molecule has 1 saturated carbocycles. The number of nitrogens with zero attached hydrogens (tertiary/aromatic N) is 2. The Hall–Kier alpha value is -2.63. The zero-order valence-electron chi connectivity index (χ0n) is 12.0. The van der Waals surface area contributed by atoms with Crippen LogP contribution in [-0.2, 0) is 16.0 Å². The third-order valence-corrected chi connectivity index (χ3v) is 3.86. The number of amides is 1. The van der Waals surface area contributed by atoms with Crippen molar-refractivity contribution in [2.75, 3.05) is 6.54 Å². The molecule has 1 aromatic carbocycles. The number of rotatable bonds is 6. The van der Waals surface area contributed by atoms with E-state index in [1.54, 1.807) is 10.9 Å². The van der Waals surface area contributed by atoms with Crippen LogP contribution < -0.4 is 5.32 Å². The summed E-state index contributed by atoms with van der Waals surface area (Å²) in [4.78, 5) is 22.4. The lowest BCUT2D eigenvalue weighted by molar-refractivity contribution is -0.140. The zero-order valence-corrected chi connectivity index (χ0v) is 12.0. The fourth-order valence-corrected chi connectivity index (χ4v) is 2.46. The molecule has 3 rings (SSSR count). The molecule has 1 amide bonds. The van der Waals surface area contributed by atoms with E-state index in [0.29, 0.717) is 13.0 Å². The van der Waals surface area contributed by atoms with Crippen molar-refractivity contribution in [3.63, 3.8) is 0 Å². The van der Waals surface area contributed by atoms with Gasteiger partial charge in [-0.25, -0.2) is 4.68 Å². The number of hydrogen-bond acceptors (Lipinski definition) is 3. The minimum Gasteiger partial charge on any atom is -0.481 e. The van der Waals surface area contributed by atoms with Gasteiger partial charge in [0.25, 0.3) is 0 Å². The molecule has 1 fully saturated rings. The molecule has 0 bridgehead atoms. The Morgan fingerprint density at radius 3 is 2.64 bits per heavy atom. The maximum atomic E-state index is 11.7. The maximum Gasteiger partial charge on any atom is 0.307 e. The third kappa shape index (κ3) is 3.16. The van der Waals surface area contributed by atoms with Crippen molar-refractivity contribution in [3.05, 3.63) is 48.3 Å². The second-order valence-electron chi connectivity index (χ2n) is 5.45. The van der Waals surface area contributed by atoms with Crippen LogP contribution in [0, 0.1) is 11.8 Å². The Balaban J connectivity index is 1.46. The average molecular weight is 299 g/mol. The van der Waals surface area contributed by atoms with Crippen LogP contribution in [0.2, 0.25) is 0 Å². The van der Waals surface area contributed by atoms with E-state index in [1.807, 2.05) is 36.5 Å². The van der Waals surface area contributed by atoms with Gasteiger partial charge in [0.2, 0.25) is 5.91 Å². The van der Waals surface area contributed by atoms with Crippen molar-refractivity contribution in [2.24, 2.45) is 11.8 Å². The summed E-state index contributed by atoms with van der Waals surface area (Å²) in [5, 5.41) is 15.8. The van der Waals surface area contributed by atoms with Gasteiger partial charge in [-0.15, -0.1) is 0 Å². The van der Waals surface area contributed by atoms with Crippen molar-refractivity contribution in [1.82, 2.24) is 15.1 Å². The van der Waals surface area contributed by atoms with Gasteiger partial charge < -0.3 is 10.4 Å². The monoisotopic (exact) mass is 299 g/mol. The van der Waals surface area contributed by atoms with Gasteiger partial charge in [0.1, 0.15) is 0 Å². The van der Waals surface area contributed by atoms with Crippen LogP contribution in [0.25, 0.3) is 5.69 Å². The van der Waals surface area contributed by atoms with E-state index >= 15 is 0 Å². The molecule has 0 spiro atoms. The fraction of sp³-hybridized carbons (Fsp3) is 0.312. The molecule has 0 aliphatic heterocycles. The van der Waals surface area contributed by atoms with Crippen LogP contribution in [0.5, 0.6) is 0 Å². The van der Waals surface area contributed by atoms with Crippen molar-refractivity contribution in [2.45, 2.75) is 12.8 Å². The van der Waals surface area contributed by atoms with Gasteiger partial charge in [0, 0.05) is 18.9 Å². The summed E-state index contributed by atoms with van der Waals surface area (Å²) in [5.41, 5.74) is 2.10. The SMILES string of the molecule is O=C(O)[C@H]1C[C@@H]1C(=O)NCCc1ccc(-n2cccn2)cc1. The van der Waals surface area contributed by atoms with Crippen LogP contribution in [0.15, 0.2) is 42.7 Å². The number of carboxylic acids is 1. The molecule has 2 aromatic rings. The molecule has 0 saturated heterocycles. The van der Waals surface area contributed by atoms with Crippen LogP contribution >= 0.6 is 0 Å². The minimum absolute atomic E-state index is 0.152. The molecule has 0 unspecified atom stereocenters. The lowest BCUT2D eigenvalue weighted by atomic mass is 10.1. The van der Waals surface area contributed by atoms with E-state index in [4.69, 9.17) is 5.11 Å². The van der Waals surface area contributed by atoms with E-state index in [9.17, 15) is 9.59 Å². The molecular formula is C16H17N3O3. The first-order chi connectivity index (χ1) is 10.6. The lowest BCUT2D eigenvalue weighted by Gasteiger charge is -2.06. The van der Waals surface area contributed by atoms with Crippen molar-refractivity contribution in [1.29, 1.82) is 0 Å². The van der Waals surface area contributed by atoms with E-state index in [2.05, 4.69) is 10.4 Å². The Labute approximate surface area is 127 Å². The number of aromatic nitrogens is 2. The quantitative estimate of drug-likeness (QED) is 0.841. The first-order valence-electron chi connectivity index (χ1n) is 7.24. The highest BCUT2D eigenvalue weighted by Gasteiger charge is 2.48. The summed E-state index contributed by atoms with van der Waals surface area (Å²) < 4.78 is 1.78. The number of nitrogens with one attached hydrogen (secondary N) is 1. The fourth-order valence-electron chi connectivity index (χ4n) is 2.46. The Kier molecular flexibility index (Phi) is 3.91. The summed E-state index contributed by atoms with van der Waals surface area (Å²) >= 11 is 0. The number of benzene rings is 1. The van der Waals surface area contributed by atoms with Gasteiger partial charge in [-0.3, -0.25) is 9.59 Å². The van der Waals surface area contributed by atoms with Crippen LogP contribution in [0.4, 0.5) is 0 Å². The second kappa shape index (κ2) is 6.01. The summed E-state index contributed by atoms with van der Waals surface area (Å²) in [7, 11) is 0. The highest BCUT2D eigenvalue weighted by Crippen LogP contribution is 2.38. The number of hydrogen-bond donors (Lipinski definition) is 2. The van der Waals surface area contributed by atoms with Gasteiger partial charge >= 0.3 is 5.97 Å². The Morgan fingerprint density at radius 1 is 1.27 bits per heavy atom. The summed E-state index contributed by atoms with van der Waals surface area (Å²) in [6.07, 6.45) is 4.78. The van der Waals surface area contributed by atoms with E-state index < -0.39 is 11.9 Å². The van der Waals surface area contributed by atoms with Gasteiger partial charge in [-0.1, -0.05) is 12.1 Å². The molecule has 1 aliphatic carbocycles. The molecule has 22 heavy (non-hydrogen) atoms. The van der Waals surface area contributed by atoms with Gasteiger partial charge in [0.05, 0.1) is 17.5 Å². The van der Waals surface area contributed by atoms with E-state index in [-0.39, 0.29) is 11.8 Å². The molecule has 0 radical (unpaired) electrons. The van der Waals surface area contributed by atoms with E-state index in [0.717, 1.165) is 17.7 Å². The predicted octanol–water partition coefficient (Wildman–Crippen LogP) is 1.25. The van der Waals surface area contributed by atoms with E-state index in [1.165, 1.54) is 0 Å². The smallest absolute Gasteiger partial charge is 0.307 e. The second-order valence-corrected chi connectivity index (χ2v) is 5.45. The molecule has 2 atom stereocenters. The van der Waals surface area contributed by atoms with Crippen LogP contribution in [-0.4, -0.2) is 33.3 Å². The van der Waals surface area contributed by atoms with Gasteiger partial charge in [-0.05, 0) is 36.6 Å². The number of aliphatic carboxylic acids is 1. The first kappa shape index (κ1) is 14.3. The molecule has 6 heteroatoms. The molecule has 1 heterocycles. The van der Waals surface area contributed by atoms with Crippen molar-refractivity contribution >= 4 is 11.9 Å². The summed E-state index contributed by atoms with van der Waals surface area (Å²) in [6, 6.07) is 9.82. The zero-order chi connectivity index (χ0) is 15.5. The molecule has 114 valence electrons. The van der Waals surface area contributed by atoms with Crippen LogP contribution in [0.1, 0.15) is 12.0 Å². The largest absolute Gasteiger partial charge is 0.481 e. The number of carbonyl (C=O) groups excluding carboxylic acids is 1. The molecule has 1 aromatic heterocycles.